The maximum atomic E-state index is 12.1. The van der Waals surface area contributed by atoms with Crippen molar-refractivity contribution in [3.63, 3.8) is 0 Å². The predicted octanol–water partition coefficient (Wildman–Crippen LogP) is 3.38. The van der Waals surface area contributed by atoms with E-state index in [0.29, 0.717) is 10.9 Å². The quantitative estimate of drug-likeness (QED) is 0.432. The number of hydrogen-bond acceptors (Lipinski definition) is 5. The van der Waals surface area contributed by atoms with Gasteiger partial charge in [0.15, 0.2) is 0 Å². The fourth-order valence-electron chi connectivity index (χ4n) is 1.87. The van der Waals surface area contributed by atoms with Gasteiger partial charge < -0.3 is 14.2 Å². The van der Waals surface area contributed by atoms with Crippen molar-refractivity contribution in [2.75, 3.05) is 7.11 Å². The molecular formula is C12H15Br3O5. The Morgan fingerprint density at radius 2 is 2.05 bits per heavy atom. The number of carbonyl (C=O) groups excluding carboxylic acids is 2. The monoisotopic (exact) mass is 476 g/mol. The van der Waals surface area contributed by atoms with Crippen molar-refractivity contribution in [2.24, 2.45) is 0 Å². The second-order valence-electron chi connectivity index (χ2n) is 4.18. The first-order valence-corrected chi connectivity index (χ1v) is 8.56. The zero-order chi connectivity index (χ0) is 15.5. The summed E-state index contributed by atoms with van der Waals surface area (Å²) in [6.45, 7) is 3.24. The van der Waals surface area contributed by atoms with Crippen molar-refractivity contribution >= 4 is 59.7 Å². The Morgan fingerprint density at radius 3 is 2.40 bits per heavy atom. The van der Waals surface area contributed by atoms with Crippen LogP contribution in [-0.2, 0) is 23.8 Å². The molecule has 0 aromatic carbocycles. The van der Waals surface area contributed by atoms with Crippen LogP contribution in [0.1, 0.15) is 26.7 Å². The summed E-state index contributed by atoms with van der Waals surface area (Å²) >= 11 is 9.94. The first-order chi connectivity index (χ1) is 9.30. The molecule has 2 atom stereocenters. The lowest BCUT2D eigenvalue weighted by molar-refractivity contribution is -0.183. The molecule has 0 fully saturated rings. The van der Waals surface area contributed by atoms with Gasteiger partial charge in [0.25, 0.3) is 5.79 Å². The molecule has 1 aliphatic rings. The van der Waals surface area contributed by atoms with Gasteiger partial charge in [0.05, 0.1) is 10.1 Å². The van der Waals surface area contributed by atoms with E-state index in [1.165, 1.54) is 14.0 Å². The van der Waals surface area contributed by atoms with Gasteiger partial charge >= 0.3 is 11.9 Å². The second-order valence-corrected chi connectivity index (χ2v) is 8.03. The largest absolute Gasteiger partial charge is 0.457 e. The van der Waals surface area contributed by atoms with Gasteiger partial charge in [-0.1, -0.05) is 45.2 Å². The van der Waals surface area contributed by atoms with Crippen LogP contribution in [0, 0.1) is 0 Å². The van der Waals surface area contributed by atoms with E-state index in [1.807, 2.05) is 6.92 Å². The van der Waals surface area contributed by atoms with Crippen LogP contribution in [0.3, 0.4) is 0 Å². The molecule has 0 aliphatic carbocycles. The number of alkyl halides is 2. The molecule has 1 aliphatic heterocycles. The first kappa shape index (κ1) is 18.1. The van der Waals surface area contributed by atoms with Gasteiger partial charge in [0.1, 0.15) is 9.84 Å². The van der Waals surface area contributed by atoms with Gasteiger partial charge in [-0.15, -0.1) is 0 Å². The number of esters is 2. The fourth-order valence-corrected chi connectivity index (χ4v) is 4.39. The molecule has 0 N–H and O–H groups in total. The van der Waals surface area contributed by atoms with Gasteiger partial charge in [-0.25, -0.2) is 4.79 Å². The number of halogens is 3. The van der Waals surface area contributed by atoms with Gasteiger partial charge in [-0.3, -0.25) is 4.79 Å². The highest BCUT2D eigenvalue weighted by atomic mass is 79.9. The molecule has 114 valence electrons. The molecule has 0 spiro atoms. The second kappa shape index (κ2) is 7.38. The highest BCUT2D eigenvalue weighted by Gasteiger charge is 2.53. The third kappa shape index (κ3) is 3.45. The Hall–Kier alpha value is 0.0800. The molecule has 0 amide bonds. The summed E-state index contributed by atoms with van der Waals surface area (Å²) in [5, 5.41) is 0. The molecule has 0 saturated carbocycles. The zero-order valence-electron chi connectivity index (χ0n) is 11.2. The van der Waals surface area contributed by atoms with E-state index in [0.717, 1.165) is 6.42 Å². The van der Waals surface area contributed by atoms with Gasteiger partial charge in [-0.2, -0.15) is 0 Å². The normalized spacial score (nSPS) is 24.1. The summed E-state index contributed by atoms with van der Waals surface area (Å²) in [6.07, 6.45) is 0.616. The maximum Gasteiger partial charge on any atom is 0.341 e. The molecule has 2 unspecified atom stereocenters. The summed E-state index contributed by atoms with van der Waals surface area (Å²) < 4.78 is 15.8. The third-order valence-corrected chi connectivity index (χ3v) is 4.96. The Bertz CT molecular complexity index is 435. The fraction of sp³-hybridized carbons (Fsp3) is 0.667. The van der Waals surface area contributed by atoms with E-state index >= 15 is 0 Å². The van der Waals surface area contributed by atoms with Crippen molar-refractivity contribution in [3.05, 3.63) is 10.1 Å². The summed E-state index contributed by atoms with van der Waals surface area (Å²) in [5.74, 6) is -2.33. The summed E-state index contributed by atoms with van der Waals surface area (Å²) in [4.78, 5) is 23.3. The lowest BCUT2D eigenvalue weighted by atomic mass is 10.0. The number of ether oxygens (including phenoxy) is 3. The number of carbonyl (C=O) groups is 2. The van der Waals surface area contributed by atoms with E-state index in [1.54, 1.807) is 0 Å². The zero-order valence-corrected chi connectivity index (χ0v) is 16.0. The van der Waals surface area contributed by atoms with Crippen LogP contribution in [0.15, 0.2) is 10.1 Å². The van der Waals surface area contributed by atoms with Crippen LogP contribution in [-0.4, -0.2) is 34.7 Å². The number of hydrogen-bond donors (Lipinski definition) is 0. The summed E-state index contributed by atoms with van der Waals surface area (Å²) in [5.41, 5.74) is 0.271. The lowest BCUT2D eigenvalue weighted by Gasteiger charge is -2.28. The first-order valence-electron chi connectivity index (χ1n) is 5.94. The van der Waals surface area contributed by atoms with Crippen LogP contribution < -0.4 is 0 Å². The van der Waals surface area contributed by atoms with E-state index in [4.69, 9.17) is 14.2 Å². The van der Waals surface area contributed by atoms with E-state index in [2.05, 4.69) is 47.8 Å². The molecule has 0 aromatic rings. The van der Waals surface area contributed by atoms with E-state index in [9.17, 15) is 9.59 Å². The molecule has 0 saturated heterocycles. The Balaban J connectivity index is 3.23. The third-order valence-electron chi connectivity index (χ3n) is 2.78. The minimum absolute atomic E-state index is 0.271. The Morgan fingerprint density at radius 1 is 1.45 bits per heavy atom. The van der Waals surface area contributed by atoms with E-state index in [-0.39, 0.29) is 5.57 Å². The standard InChI is InChI=1S/C12H15Br3O5/c1-4-5-7(19-6(2)16)8-9(13)12(18-3,11(14)15)20-10(8)17/h7,11H,4-5H2,1-3H3. The molecule has 1 rings (SSSR count). The van der Waals surface area contributed by atoms with Crippen molar-refractivity contribution < 1.29 is 23.8 Å². The van der Waals surface area contributed by atoms with Gasteiger partial charge in [0, 0.05) is 14.0 Å². The van der Waals surface area contributed by atoms with E-state index < -0.39 is 27.6 Å². The highest BCUT2D eigenvalue weighted by molar-refractivity contribution is 9.24. The van der Waals surface area contributed by atoms with Crippen molar-refractivity contribution in [2.45, 2.75) is 42.3 Å². The Labute approximate surface area is 142 Å². The Kier molecular flexibility index (Phi) is 6.69. The van der Waals surface area contributed by atoms with Crippen LogP contribution in [0.5, 0.6) is 0 Å². The summed E-state index contributed by atoms with van der Waals surface area (Å²) in [7, 11) is 1.42. The smallest absolute Gasteiger partial charge is 0.341 e. The lowest BCUT2D eigenvalue weighted by Crippen LogP contribution is -2.39. The molecule has 0 bridgehead atoms. The van der Waals surface area contributed by atoms with Gasteiger partial charge in [0.2, 0.25) is 0 Å². The van der Waals surface area contributed by atoms with Crippen LogP contribution >= 0.6 is 47.8 Å². The summed E-state index contributed by atoms with van der Waals surface area (Å²) in [6, 6.07) is 0. The molecule has 8 heteroatoms. The minimum atomic E-state index is -1.31. The number of cyclic esters (lactones) is 1. The molecule has 5 nitrogen and oxygen atoms in total. The number of methoxy groups -OCH3 is 1. The molecule has 20 heavy (non-hydrogen) atoms. The topological polar surface area (TPSA) is 61.8 Å². The average Bonchev–Trinajstić information content (AvgIpc) is 2.60. The van der Waals surface area contributed by atoms with Crippen molar-refractivity contribution in [3.8, 4) is 0 Å². The maximum absolute atomic E-state index is 12.1. The van der Waals surface area contributed by atoms with Gasteiger partial charge in [-0.05, 0) is 22.4 Å². The highest BCUT2D eigenvalue weighted by Crippen LogP contribution is 2.46. The molecule has 0 radical (unpaired) electrons. The molecular weight excluding hydrogens is 464 g/mol. The average molecular weight is 479 g/mol. The van der Waals surface area contributed by atoms with Crippen molar-refractivity contribution in [1.82, 2.24) is 0 Å². The minimum Gasteiger partial charge on any atom is -0.457 e. The van der Waals surface area contributed by atoms with Crippen LogP contribution in [0.2, 0.25) is 0 Å². The van der Waals surface area contributed by atoms with Crippen molar-refractivity contribution in [1.29, 1.82) is 0 Å². The number of rotatable bonds is 6. The van der Waals surface area contributed by atoms with Crippen LogP contribution in [0.4, 0.5) is 0 Å². The molecule has 0 aromatic heterocycles. The predicted molar refractivity (Wildman–Crippen MR) is 83.9 cm³/mol. The van der Waals surface area contributed by atoms with Crippen LogP contribution in [0.25, 0.3) is 0 Å². The SMILES string of the molecule is CCCC(OC(C)=O)C1=C(Br)C(OC)(C(Br)Br)OC1=O. The molecule has 1 heterocycles.